The second-order valence-corrected chi connectivity index (χ2v) is 6.23. The summed E-state index contributed by atoms with van der Waals surface area (Å²) in [6, 6.07) is 17.2. The van der Waals surface area contributed by atoms with Crippen molar-refractivity contribution in [1.29, 1.82) is 0 Å². The molecule has 2 aromatic carbocycles. The predicted molar refractivity (Wildman–Crippen MR) is 112 cm³/mol. The Morgan fingerprint density at radius 2 is 1.57 bits per heavy atom. The lowest BCUT2D eigenvalue weighted by molar-refractivity contribution is 0.102. The van der Waals surface area contributed by atoms with Gasteiger partial charge in [0.05, 0.1) is 0 Å². The summed E-state index contributed by atoms with van der Waals surface area (Å²) in [6.07, 6.45) is 1.58. The SMILES string of the molecule is CCN(CC)c1ccc(Nc2ccnc(C(=O)Nc3ccc(F)cc3)c2)cc1. The maximum atomic E-state index is 13.0. The fourth-order valence-corrected chi connectivity index (χ4v) is 2.87. The van der Waals surface area contributed by atoms with E-state index in [1.165, 1.54) is 30.0 Å². The minimum absolute atomic E-state index is 0.272. The standard InChI is InChI=1S/C22H23FN4O/c1-3-27(4-2)20-11-9-17(10-12-20)25-19-13-14-24-21(15-19)22(28)26-18-7-5-16(23)6-8-18/h5-15H,3-4H2,1-2H3,(H,24,25)(H,26,28). The molecule has 0 aliphatic carbocycles. The van der Waals surface area contributed by atoms with Crippen LogP contribution >= 0.6 is 0 Å². The van der Waals surface area contributed by atoms with Crippen LogP contribution < -0.4 is 15.5 Å². The predicted octanol–water partition coefficient (Wildman–Crippen LogP) is 5.06. The first kappa shape index (κ1) is 19.4. The number of pyridine rings is 1. The minimum atomic E-state index is -0.355. The Bertz CT molecular complexity index is 922. The van der Waals surface area contributed by atoms with Gasteiger partial charge >= 0.3 is 0 Å². The molecule has 144 valence electrons. The number of nitrogens with zero attached hydrogens (tertiary/aromatic N) is 2. The molecule has 1 amide bonds. The number of hydrogen-bond acceptors (Lipinski definition) is 4. The van der Waals surface area contributed by atoms with E-state index >= 15 is 0 Å². The summed E-state index contributed by atoms with van der Waals surface area (Å²) < 4.78 is 13.0. The second-order valence-electron chi connectivity index (χ2n) is 6.23. The Morgan fingerprint density at radius 3 is 2.21 bits per heavy atom. The summed E-state index contributed by atoms with van der Waals surface area (Å²) in [7, 11) is 0. The van der Waals surface area contributed by atoms with Gasteiger partial charge < -0.3 is 15.5 Å². The van der Waals surface area contributed by atoms with E-state index in [1.807, 2.05) is 12.1 Å². The first-order valence-electron chi connectivity index (χ1n) is 9.24. The number of anilines is 4. The van der Waals surface area contributed by atoms with E-state index < -0.39 is 0 Å². The van der Waals surface area contributed by atoms with Gasteiger partial charge in [0.1, 0.15) is 11.5 Å². The van der Waals surface area contributed by atoms with Crippen LogP contribution in [0.1, 0.15) is 24.3 Å². The van der Waals surface area contributed by atoms with Crippen LogP contribution in [0.2, 0.25) is 0 Å². The van der Waals surface area contributed by atoms with E-state index in [4.69, 9.17) is 0 Å². The molecule has 0 bridgehead atoms. The lowest BCUT2D eigenvalue weighted by Gasteiger charge is -2.21. The fourth-order valence-electron chi connectivity index (χ4n) is 2.87. The van der Waals surface area contributed by atoms with Gasteiger partial charge in [-0.2, -0.15) is 0 Å². The molecule has 0 aliphatic heterocycles. The van der Waals surface area contributed by atoms with Gasteiger partial charge in [0, 0.05) is 42.0 Å². The number of halogens is 1. The molecule has 0 aliphatic rings. The Hall–Kier alpha value is -3.41. The highest BCUT2D eigenvalue weighted by molar-refractivity contribution is 6.03. The number of nitrogens with one attached hydrogen (secondary N) is 2. The van der Waals surface area contributed by atoms with E-state index in [0.717, 1.165) is 24.5 Å². The average molecular weight is 378 g/mol. The summed E-state index contributed by atoms with van der Waals surface area (Å²) in [5.74, 6) is -0.707. The van der Waals surface area contributed by atoms with Crippen molar-refractivity contribution in [3.05, 3.63) is 78.4 Å². The number of benzene rings is 2. The Kier molecular flexibility index (Phi) is 6.22. The van der Waals surface area contributed by atoms with Gasteiger partial charge in [-0.3, -0.25) is 9.78 Å². The zero-order chi connectivity index (χ0) is 19.9. The molecular formula is C22H23FN4O. The number of amides is 1. The third-order valence-corrected chi connectivity index (χ3v) is 4.38. The largest absolute Gasteiger partial charge is 0.372 e. The fraction of sp³-hybridized carbons (Fsp3) is 0.182. The number of carbonyl (C=O) groups is 1. The van der Waals surface area contributed by atoms with Crippen molar-refractivity contribution < 1.29 is 9.18 Å². The summed E-state index contributed by atoms with van der Waals surface area (Å²) in [5, 5.41) is 5.99. The summed E-state index contributed by atoms with van der Waals surface area (Å²) in [5.41, 5.74) is 3.64. The van der Waals surface area contributed by atoms with Crippen LogP contribution in [0.4, 0.5) is 27.1 Å². The van der Waals surface area contributed by atoms with Crippen LogP contribution in [0.25, 0.3) is 0 Å². The third kappa shape index (κ3) is 4.85. The molecule has 3 rings (SSSR count). The van der Waals surface area contributed by atoms with Crippen LogP contribution in [-0.4, -0.2) is 24.0 Å². The molecule has 0 atom stereocenters. The highest BCUT2D eigenvalue weighted by atomic mass is 19.1. The molecular weight excluding hydrogens is 355 g/mol. The van der Waals surface area contributed by atoms with Crippen molar-refractivity contribution in [3.63, 3.8) is 0 Å². The summed E-state index contributed by atoms with van der Waals surface area (Å²) in [4.78, 5) is 18.8. The van der Waals surface area contributed by atoms with Crippen molar-refractivity contribution >= 4 is 28.7 Å². The smallest absolute Gasteiger partial charge is 0.274 e. The zero-order valence-electron chi connectivity index (χ0n) is 15.9. The lowest BCUT2D eigenvalue weighted by atomic mass is 10.2. The van der Waals surface area contributed by atoms with Crippen LogP contribution in [0.5, 0.6) is 0 Å². The number of rotatable bonds is 7. The van der Waals surface area contributed by atoms with Crippen molar-refractivity contribution in [2.45, 2.75) is 13.8 Å². The number of hydrogen-bond donors (Lipinski definition) is 2. The van der Waals surface area contributed by atoms with Crippen molar-refractivity contribution in [1.82, 2.24) is 4.98 Å². The monoisotopic (exact) mass is 378 g/mol. The van der Waals surface area contributed by atoms with E-state index in [2.05, 4.69) is 46.5 Å². The van der Waals surface area contributed by atoms with Crippen LogP contribution in [0.15, 0.2) is 66.9 Å². The van der Waals surface area contributed by atoms with E-state index in [1.54, 1.807) is 18.3 Å². The Morgan fingerprint density at radius 1 is 0.929 bits per heavy atom. The maximum Gasteiger partial charge on any atom is 0.274 e. The lowest BCUT2D eigenvalue weighted by Crippen LogP contribution is -2.21. The third-order valence-electron chi connectivity index (χ3n) is 4.38. The highest BCUT2D eigenvalue weighted by Gasteiger charge is 2.09. The quantitative estimate of drug-likeness (QED) is 0.603. The van der Waals surface area contributed by atoms with E-state index in [9.17, 15) is 9.18 Å². The molecule has 0 spiro atoms. The maximum absolute atomic E-state index is 13.0. The molecule has 0 radical (unpaired) electrons. The molecule has 5 nitrogen and oxygen atoms in total. The first-order valence-corrected chi connectivity index (χ1v) is 9.24. The first-order chi connectivity index (χ1) is 13.6. The van der Waals surface area contributed by atoms with Gasteiger partial charge in [0.2, 0.25) is 0 Å². The molecule has 28 heavy (non-hydrogen) atoms. The normalized spacial score (nSPS) is 10.4. The molecule has 1 heterocycles. The van der Waals surface area contributed by atoms with Gasteiger partial charge in [0.15, 0.2) is 0 Å². The molecule has 0 unspecified atom stereocenters. The van der Waals surface area contributed by atoms with Crippen molar-refractivity contribution in [2.75, 3.05) is 28.6 Å². The Labute approximate surface area is 164 Å². The summed E-state index contributed by atoms with van der Waals surface area (Å²) in [6.45, 7) is 6.18. The molecule has 1 aromatic heterocycles. The van der Waals surface area contributed by atoms with Gasteiger partial charge in [-0.15, -0.1) is 0 Å². The van der Waals surface area contributed by atoms with Crippen LogP contribution in [0.3, 0.4) is 0 Å². The van der Waals surface area contributed by atoms with E-state index in [0.29, 0.717) is 5.69 Å². The Balaban J connectivity index is 1.69. The van der Waals surface area contributed by atoms with Gasteiger partial charge in [0.25, 0.3) is 5.91 Å². The van der Waals surface area contributed by atoms with Crippen molar-refractivity contribution in [2.24, 2.45) is 0 Å². The second kappa shape index (κ2) is 8.99. The minimum Gasteiger partial charge on any atom is -0.372 e. The molecule has 0 fully saturated rings. The van der Waals surface area contributed by atoms with Crippen LogP contribution in [-0.2, 0) is 0 Å². The van der Waals surface area contributed by atoms with E-state index in [-0.39, 0.29) is 17.4 Å². The molecule has 6 heteroatoms. The number of carbonyl (C=O) groups excluding carboxylic acids is 1. The summed E-state index contributed by atoms with van der Waals surface area (Å²) >= 11 is 0. The molecule has 0 saturated carbocycles. The zero-order valence-corrected chi connectivity index (χ0v) is 15.9. The molecule has 3 aromatic rings. The van der Waals surface area contributed by atoms with Gasteiger partial charge in [-0.1, -0.05) is 0 Å². The highest BCUT2D eigenvalue weighted by Crippen LogP contribution is 2.21. The molecule has 0 saturated heterocycles. The number of aromatic nitrogens is 1. The van der Waals surface area contributed by atoms with Crippen LogP contribution in [0, 0.1) is 5.82 Å². The average Bonchev–Trinajstić information content (AvgIpc) is 2.72. The van der Waals surface area contributed by atoms with Crippen molar-refractivity contribution in [3.8, 4) is 0 Å². The molecule has 2 N–H and O–H groups in total. The topological polar surface area (TPSA) is 57.3 Å². The van der Waals surface area contributed by atoms with Gasteiger partial charge in [-0.25, -0.2) is 4.39 Å². The van der Waals surface area contributed by atoms with Gasteiger partial charge in [-0.05, 0) is 74.5 Å².